The molecule has 0 bridgehead atoms. The highest BCUT2D eigenvalue weighted by atomic mass is 35.5. The molecule has 0 aliphatic rings. The number of nitrogens with one attached hydrogen (secondary N) is 1. The molecule has 8 heteroatoms. The first kappa shape index (κ1) is 22.1. The van der Waals surface area contributed by atoms with Crippen LogP contribution in [0, 0.1) is 5.82 Å². The smallest absolute Gasteiger partial charge is 0.271 e. The fraction of sp³-hybridized carbons (Fsp3) is 0.130. The van der Waals surface area contributed by atoms with E-state index in [0.29, 0.717) is 33.4 Å². The molecule has 0 aliphatic carbocycles. The van der Waals surface area contributed by atoms with Crippen LogP contribution in [0.15, 0.2) is 65.8 Å². The summed E-state index contributed by atoms with van der Waals surface area (Å²) in [5, 5.41) is 4.49. The summed E-state index contributed by atoms with van der Waals surface area (Å²) >= 11 is 6.08. The van der Waals surface area contributed by atoms with E-state index in [2.05, 4.69) is 10.5 Å². The third kappa shape index (κ3) is 5.96. The molecule has 0 fully saturated rings. The van der Waals surface area contributed by atoms with E-state index in [0.717, 1.165) is 5.56 Å². The molecular weight excluding hydrogens is 423 g/mol. The highest BCUT2D eigenvalue weighted by molar-refractivity contribution is 6.30. The molecule has 0 saturated carbocycles. The van der Waals surface area contributed by atoms with E-state index in [-0.39, 0.29) is 12.4 Å². The number of amides is 1. The minimum absolute atomic E-state index is 0.237. The van der Waals surface area contributed by atoms with Gasteiger partial charge in [-0.05, 0) is 54.1 Å². The maximum atomic E-state index is 13.0. The fourth-order valence-electron chi connectivity index (χ4n) is 2.70. The number of carbonyl (C=O) groups excluding carboxylic acids is 1. The SMILES string of the molecule is COc1ccc(C(=O)N/N=C/c2cc(Cl)ccc2OCc2ccc(F)cc2)cc1OC. The third-order valence-electron chi connectivity index (χ3n) is 4.29. The van der Waals surface area contributed by atoms with Crippen LogP contribution in [-0.4, -0.2) is 26.3 Å². The Morgan fingerprint density at radius 1 is 1.00 bits per heavy atom. The lowest BCUT2D eigenvalue weighted by Crippen LogP contribution is -2.17. The highest BCUT2D eigenvalue weighted by Crippen LogP contribution is 2.27. The van der Waals surface area contributed by atoms with Crippen LogP contribution in [0.25, 0.3) is 0 Å². The van der Waals surface area contributed by atoms with Crippen molar-refractivity contribution >= 4 is 23.7 Å². The number of nitrogens with zero attached hydrogens (tertiary/aromatic N) is 1. The minimum atomic E-state index is -0.423. The molecule has 31 heavy (non-hydrogen) atoms. The molecule has 1 N–H and O–H groups in total. The molecule has 1 amide bonds. The van der Waals surface area contributed by atoms with Crippen molar-refractivity contribution in [1.82, 2.24) is 5.43 Å². The first-order valence-corrected chi connectivity index (χ1v) is 9.60. The Labute approximate surface area is 184 Å². The molecular formula is C23H20ClFN2O4. The first-order chi connectivity index (χ1) is 15.0. The van der Waals surface area contributed by atoms with Gasteiger partial charge in [0.2, 0.25) is 0 Å². The van der Waals surface area contributed by atoms with Crippen molar-refractivity contribution in [3.63, 3.8) is 0 Å². The van der Waals surface area contributed by atoms with Gasteiger partial charge in [0.1, 0.15) is 18.2 Å². The minimum Gasteiger partial charge on any atom is -0.493 e. The normalized spacial score (nSPS) is 10.7. The van der Waals surface area contributed by atoms with Gasteiger partial charge in [-0.2, -0.15) is 5.10 Å². The van der Waals surface area contributed by atoms with Gasteiger partial charge in [0.25, 0.3) is 5.91 Å². The summed E-state index contributed by atoms with van der Waals surface area (Å²) in [6.07, 6.45) is 1.44. The van der Waals surface area contributed by atoms with Gasteiger partial charge in [-0.15, -0.1) is 0 Å². The zero-order valence-corrected chi connectivity index (χ0v) is 17.7. The largest absolute Gasteiger partial charge is 0.493 e. The predicted molar refractivity (Wildman–Crippen MR) is 117 cm³/mol. The molecule has 0 spiro atoms. The molecule has 0 aliphatic heterocycles. The Balaban J connectivity index is 1.69. The lowest BCUT2D eigenvalue weighted by molar-refractivity contribution is 0.0954. The Morgan fingerprint density at radius 3 is 2.42 bits per heavy atom. The van der Waals surface area contributed by atoms with Gasteiger partial charge in [-0.25, -0.2) is 9.82 Å². The van der Waals surface area contributed by atoms with E-state index in [4.69, 9.17) is 25.8 Å². The highest BCUT2D eigenvalue weighted by Gasteiger charge is 2.10. The number of ether oxygens (including phenoxy) is 3. The topological polar surface area (TPSA) is 69.2 Å². The number of hydrogen-bond acceptors (Lipinski definition) is 5. The number of benzene rings is 3. The van der Waals surface area contributed by atoms with Crippen molar-refractivity contribution in [1.29, 1.82) is 0 Å². The van der Waals surface area contributed by atoms with Crippen molar-refractivity contribution in [3.8, 4) is 17.2 Å². The van der Waals surface area contributed by atoms with E-state index >= 15 is 0 Å². The van der Waals surface area contributed by atoms with E-state index in [1.54, 1.807) is 48.5 Å². The van der Waals surface area contributed by atoms with Gasteiger partial charge >= 0.3 is 0 Å². The monoisotopic (exact) mass is 442 g/mol. The molecule has 0 atom stereocenters. The Morgan fingerprint density at radius 2 is 1.71 bits per heavy atom. The average molecular weight is 443 g/mol. The van der Waals surface area contributed by atoms with E-state index < -0.39 is 5.91 Å². The van der Waals surface area contributed by atoms with Gasteiger partial charge in [0.15, 0.2) is 11.5 Å². The average Bonchev–Trinajstić information content (AvgIpc) is 2.79. The first-order valence-electron chi connectivity index (χ1n) is 9.22. The molecule has 3 aromatic rings. The van der Waals surface area contributed by atoms with Gasteiger partial charge < -0.3 is 14.2 Å². The van der Waals surface area contributed by atoms with E-state index in [1.165, 1.54) is 32.6 Å². The number of methoxy groups -OCH3 is 2. The summed E-state index contributed by atoms with van der Waals surface area (Å²) < 4.78 is 29.2. The molecule has 0 unspecified atom stereocenters. The van der Waals surface area contributed by atoms with Gasteiger partial charge in [0, 0.05) is 16.1 Å². The number of hydrazone groups is 1. The van der Waals surface area contributed by atoms with Crippen LogP contribution in [0.2, 0.25) is 5.02 Å². The third-order valence-corrected chi connectivity index (χ3v) is 4.53. The van der Waals surface area contributed by atoms with Crippen LogP contribution in [0.4, 0.5) is 4.39 Å². The molecule has 0 saturated heterocycles. The van der Waals surface area contributed by atoms with Crippen LogP contribution in [0.1, 0.15) is 21.5 Å². The van der Waals surface area contributed by atoms with Crippen molar-refractivity contribution in [3.05, 3.63) is 88.2 Å². The summed E-state index contributed by atoms with van der Waals surface area (Å²) in [7, 11) is 3.01. The Hall–Kier alpha value is -3.58. The van der Waals surface area contributed by atoms with Crippen molar-refractivity contribution in [2.24, 2.45) is 5.10 Å². The number of carbonyl (C=O) groups is 1. The summed E-state index contributed by atoms with van der Waals surface area (Å²) in [4.78, 5) is 12.4. The second-order valence-corrected chi connectivity index (χ2v) is 6.80. The quantitative estimate of drug-likeness (QED) is 0.400. The molecule has 3 rings (SSSR count). The van der Waals surface area contributed by atoms with Crippen LogP contribution in [-0.2, 0) is 6.61 Å². The Kier molecular flexibility index (Phi) is 7.45. The van der Waals surface area contributed by atoms with Gasteiger partial charge in [-0.1, -0.05) is 23.7 Å². The van der Waals surface area contributed by atoms with Gasteiger partial charge in [0.05, 0.1) is 20.4 Å². The zero-order chi connectivity index (χ0) is 22.2. The summed E-state index contributed by atoms with van der Waals surface area (Å²) in [5.74, 6) is 0.731. The lowest BCUT2D eigenvalue weighted by Gasteiger charge is -2.10. The fourth-order valence-corrected chi connectivity index (χ4v) is 2.88. The van der Waals surface area contributed by atoms with Gasteiger partial charge in [-0.3, -0.25) is 4.79 Å². The second kappa shape index (κ2) is 10.4. The summed E-state index contributed by atoms with van der Waals surface area (Å²) in [6, 6.07) is 15.8. The van der Waals surface area contributed by atoms with Crippen LogP contribution < -0.4 is 19.6 Å². The number of hydrogen-bond donors (Lipinski definition) is 1. The molecule has 6 nitrogen and oxygen atoms in total. The molecule has 0 heterocycles. The standard InChI is InChI=1S/C23H20ClFN2O4/c1-29-21-9-5-16(12-22(21)30-2)23(28)27-26-13-17-11-18(24)6-10-20(17)31-14-15-3-7-19(25)8-4-15/h3-13H,14H2,1-2H3,(H,27,28)/b26-13+. The summed E-state index contributed by atoms with van der Waals surface area (Å²) in [6.45, 7) is 0.237. The predicted octanol–water partition coefficient (Wildman–Crippen LogP) is 4.84. The lowest BCUT2D eigenvalue weighted by atomic mass is 10.2. The maximum absolute atomic E-state index is 13.0. The van der Waals surface area contributed by atoms with Crippen molar-refractivity contribution in [2.45, 2.75) is 6.61 Å². The van der Waals surface area contributed by atoms with Crippen LogP contribution in [0.3, 0.4) is 0 Å². The molecule has 0 aromatic heterocycles. The molecule has 0 radical (unpaired) electrons. The van der Waals surface area contributed by atoms with Crippen molar-refractivity contribution < 1.29 is 23.4 Å². The summed E-state index contributed by atoms with van der Waals surface area (Å²) in [5.41, 5.74) is 4.19. The number of halogens is 2. The van der Waals surface area contributed by atoms with Crippen LogP contribution in [0.5, 0.6) is 17.2 Å². The Bertz CT molecular complexity index is 1090. The zero-order valence-electron chi connectivity index (χ0n) is 16.9. The van der Waals surface area contributed by atoms with Crippen LogP contribution >= 0.6 is 11.6 Å². The van der Waals surface area contributed by atoms with E-state index in [1.807, 2.05) is 0 Å². The second-order valence-electron chi connectivity index (χ2n) is 6.37. The maximum Gasteiger partial charge on any atom is 0.271 e. The number of rotatable bonds is 8. The molecule has 3 aromatic carbocycles. The molecule has 160 valence electrons. The van der Waals surface area contributed by atoms with Crippen molar-refractivity contribution in [2.75, 3.05) is 14.2 Å². The van der Waals surface area contributed by atoms with E-state index in [9.17, 15) is 9.18 Å².